The number of allylic oxidation sites excluding steroid dienone is 1. The maximum atomic E-state index is 9.36. The largest absolute Gasteiger partial charge is 0.489 e. The minimum Gasteiger partial charge on any atom is -0.489 e. The van der Waals surface area contributed by atoms with E-state index in [0.717, 1.165) is 22.6 Å². The van der Waals surface area contributed by atoms with Crippen molar-refractivity contribution in [1.82, 2.24) is 0 Å². The Kier molecular flexibility index (Phi) is 5.86. The molecule has 4 heteroatoms. The highest BCUT2D eigenvalue weighted by Crippen LogP contribution is 2.17. The minimum absolute atomic E-state index is 0.415. The van der Waals surface area contributed by atoms with Crippen LogP contribution >= 0.6 is 0 Å². The molecule has 0 heterocycles. The summed E-state index contributed by atoms with van der Waals surface area (Å²) in [7, 11) is 0. The van der Waals surface area contributed by atoms with Crippen LogP contribution < -0.4 is 10.1 Å². The topological polar surface area (TPSA) is 68.8 Å². The third-order valence-electron chi connectivity index (χ3n) is 3.85. The van der Waals surface area contributed by atoms with E-state index in [1.807, 2.05) is 54.6 Å². The number of hydrogen-bond donors (Lipinski definition) is 1. The first-order valence-corrected chi connectivity index (χ1v) is 8.42. The summed E-state index contributed by atoms with van der Waals surface area (Å²) in [6.07, 6.45) is 1.76. The Labute approximate surface area is 158 Å². The van der Waals surface area contributed by atoms with E-state index in [2.05, 4.69) is 17.5 Å². The molecule has 0 spiro atoms. The molecule has 0 bridgehead atoms. The molecule has 0 saturated heterocycles. The van der Waals surface area contributed by atoms with E-state index in [0.29, 0.717) is 17.9 Å². The molecule has 0 amide bonds. The van der Waals surface area contributed by atoms with E-state index >= 15 is 0 Å². The van der Waals surface area contributed by atoms with Gasteiger partial charge in [0.1, 0.15) is 24.1 Å². The standard InChI is InChI=1S/C23H17N3O/c24-15-19-6-10-21(11-7-19)26-22(16-25)14-18-8-12-23(13-9-18)27-17-20-4-2-1-3-5-20/h1-14,26H,17H2. The lowest BCUT2D eigenvalue weighted by Gasteiger charge is -2.07. The molecule has 3 aromatic carbocycles. The summed E-state index contributed by atoms with van der Waals surface area (Å²) in [5.41, 5.74) is 3.75. The summed E-state index contributed by atoms with van der Waals surface area (Å²) < 4.78 is 5.77. The highest BCUT2D eigenvalue weighted by molar-refractivity contribution is 5.64. The summed E-state index contributed by atoms with van der Waals surface area (Å²) in [6, 6.07) is 28.7. The van der Waals surface area contributed by atoms with E-state index in [1.165, 1.54) is 0 Å². The Morgan fingerprint density at radius 2 is 1.59 bits per heavy atom. The van der Waals surface area contributed by atoms with Gasteiger partial charge < -0.3 is 10.1 Å². The highest BCUT2D eigenvalue weighted by Gasteiger charge is 2.00. The van der Waals surface area contributed by atoms with Gasteiger partial charge in [-0.3, -0.25) is 0 Å². The zero-order valence-electron chi connectivity index (χ0n) is 14.6. The minimum atomic E-state index is 0.415. The SMILES string of the molecule is N#CC(=Cc1ccc(OCc2ccccc2)cc1)Nc1ccc(C#N)cc1. The third kappa shape index (κ3) is 5.22. The molecule has 4 nitrogen and oxygen atoms in total. The Hall–Kier alpha value is -4.02. The lowest BCUT2D eigenvalue weighted by molar-refractivity contribution is 0.306. The predicted octanol–water partition coefficient (Wildman–Crippen LogP) is 5.11. The Morgan fingerprint density at radius 1 is 0.889 bits per heavy atom. The second-order valence-electron chi connectivity index (χ2n) is 5.83. The number of ether oxygens (including phenoxy) is 1. The molecule has 0 fully saturated rings. The van der Waals surface area contributed by atoms with Crippen LogP contribution in [0.5, 0.6) is 5.75 Å². The Balaban J connectivity index is 1.64. The van der Waals surface area contributed by atoms with Crippen LogP contribution in [0.1, 0.15) is 16.7 Å². The fourth-order valence-electron chi connectivity index (χ4n) is 2.45. The van der Waals surface area contributed by atoms with Crippen molar-refractivity contribution < 1.29 is 4.74 Å². The van der Waals surface area contributed by atoms with Crippen molar-refractivity contribution in [3.8, 4) is 17.9 Å². The van der Waals surface area contributed by atoms with Crippen LogP contribution in [0.3, 0.4) is 0 Å². The molecular formula is C23H17N3O. The van der Waals surface area contributed by atoms with Gasteiger partial charge in [-0.2, -0.15) is 10.5 Å². The van der Waals surface area contributed by atoms with Crippen LogP contribution in [0.4, 0.5) is 5.69 Å². The van der Waals surface area contributed by atoms with Gasteiger partial charge in [-0.05, 0) is 53.6 Å². The van der Waals surface area contributed by atoms with Gasteiger partial charge in [0.05, 0.1) is 11.6 Å². The monoisotopic (exact) mass is 351 g/mol. The van der Waals surface area contributed by atoms with Gasteiger partial charge in [-0.25, -0.2) is 0 Å². The zero-order valence-corrected chi connectivity index (χ0v) is 14.6. The van der Waals surface area contributed by atoms with E-state index in [1.54, 1.807) is 30.3 Å². The number of hydrogen-bond acceptors (Lipinski definition) is 4. The summed E-state index contributed by atoms with van der Waals surface area (Å²) in [5, 5.41) is 21.2. The van der Waals surface area contributed by atoms with Crippen molar-refractivity contribution in [3.63, 3.8) is 0 Å². The first-order valence-electron chi connectivity index (χ1n) is 8.42. The molecule has 0 aliphatic carbocycles. The average molecular weight is 351 g/mol. The molecule has 3 rings (SSSR count). The molecule has 1 N–H and O–H groups in total. The van der Waals surface area contributed by atoms with Gasteiger partial charge in [0.25, 0.3) is 0 Å². The molecule has 0 saturated carbocycles. The van der Waals surface area contributed by atoms with Crippen molar-refractivity contribution in [3.05, 3.63) is 101 Å². The molecule has 0 aliphatic heterocycles. The summed E-state index contributed by atoms with van der Waals surface area (Å²) >= 11 is 0. The van der Waals surface area contributed by atoms with E-state index in [4.69, 9.17) is 10.00 Å². The quantitative estimate of drug-likeness (QED) is 0.626. The lowest BCUT2D eigenvalue weighted by atomic mass is 10.1. The molecule has 130 valence electrons. The number of nitriles is 2. The number of nitrogens with zero attached hydrogens (tertiary/aromatic N) is 2. The van der Waals surface area contributed by atoms with Crippen LogP contribution in [0.15, 0.2) is 84.6 Å². The van der Waals surface area contributed by atoms with Crippen LogP contribution in [-0.2, 0) is 6.61 Å². The molecule has 3 aromatic rings. The molecule has 0 unspecified atom stereocenters. The number of benzene rings is 3. The van der Waals surface area contributed by atoms with Crippen LogP contribution in [0.25, 0.3) is 6.08 Å². The summed E-state index contributed by atoms with van der Waals surface area (Å²) in [5.74, 6) is 0.773. The third-order valence-corrected chi connectivity index (χ3v) is 3.85. The zero-order chi connectivity index (χ0) is 18.9. The molecule has 0 atom stereocenters. The normalized spacial score (nSPS) is 10.5. The van der Waals surface area contributed by atoms with Crippen molar-refractivity contribution >= 4 is 11.8 Å². The predicted molar refractivity (Wildman–Crippen MR) is 106 cm³/mol. The summed E-state index contributed by atoms with van der Waals surface area (Å²) in [6.45, 7) is 0.514. The lowest BCUT2D eigenvalue weighted by Crippen LogP contribution is -1.97. The number of rotatable bonds is 6. The summed E-state index contributed by atoms with van der Waals surface area (Å²) in [4.78, 5) is 0. The van der Waals surface area contributed by atoms with Gasteiger partial charge in [-0.15, -0.1) is 0 Å². The Morgan fingerprint density at radius 3 is 2.22 bits per heavy atom. The maximum Gasteiger partial charge on any atom is 0.119 e. The van der Waals surface area contributed by atoms with Crippen molar-refractivity contribution in [2.24, 2.45) is 0 Å². The van der Waals surface area contributed by atoms with Crippen LogP contribution in [-0.4, -0.2) is 0 Å². The van der Waals surface area contributed by atoms with Gasteiger partial charge in [-0.1, -0.05) is 42.5 Å². The molecule has 0 radical (unpaired) electrons. The van der Waals surface area contributed by atoms with Crippen molar-refractivity contribution in [2.75, 3.05) is 5.32 Å². The highest BCUT2D eigenvalue weighted by atomic mass is 16.5. The van der Waals surface area contributed by atoms with E-state index in [9.17, 15) is 5.26 Å². The second kappa shape index (κ2) is 8.89. The number of anilines is 1. The fourth-order valence-corrected chi connectivity index (χ4v) is 2.45. The van der Waals surface area contributed by atoms with Crippen molar-refractivity contribution in [2.45, 2.75) is 6.61 Å². The second-order valence-corrected chi connectivity index (χ2v) is 5.83. The molecule has 0 aromatic heterocycles. The van der Waals surface area contributed by atoms with Gasteiger partial charge in [0.15, 0.2) is 0 Å². The van der Waals surface area contributed by atoms with Gasteiger partial charge in [0, 0.05) is 5.69 Å². The van der Waals surface area contributed by atoms with Crippen molar-refractivity contribution in [1.29, 1.82) is 10.5 Å². The smallest absolute Gasteiger partial charge is 0.119 e. The Bertz CT molecular complexity index is 993. The maximum absolute atomic E-state index is 9.36. The fraction of sp³-hybridized carbons (Fsp3) is 0.0435. The number of nitrogens with one attached hydrogen (secondary N) is 1. The molecular weight excluding hydrogens is 334 g/mol. The molecule has 27 heavy (non-hydrogen) atoms. The first-order chi connectivity index (χ1) is 13.3. The van der Waals surface area contributed by atoms with E-state index in [-0.39, 0.29) is 0 Å². The molecule has 0 aliphatic rings. The van der Waals surface area contributed by atoms with Crippen LogP contribution in [0.2, 0.25) is 0 Å². The first kappa shape index (κ1) is 17.8. The van der Waals surface area contributed by atoms with Gasteiger partial charge in [0.2, 0.25) is 0 Å². The van der Waals surface area contributed by atoms with Gasteiger partial charge >= 0.3 is 0 Å². The average Bonchev–Trinajstić information content (AvgIpc) is 2.74. The van der Waals surface area contributed by atoms with Crippen LogP contribution in [0, 0.1) is 22.7 Å². The van der Waals surface area contributed by atoms with E-state index < -0.39 is 0 Å².